The van der Waals surface area contributed by atoms with Gasteiger partial charge in [0.25, 0.3) is 0 Å². The molecule has 1 N–H and O–H groups in total. The first-order valence-electron chi connectivity index (χ1n) is 5.21. The number of methoxy groups -OCH3 is 1. The molecule has 0 aliphatic heterocycles. The molecule has 0 aliphatic rings. The Labute approximate surface area is 87.2 Å². The van der Waals surface area contributed by atoms with Crippen LogP contribution < -0.4 is 0 Å². The Morgan fingerprint density at radius 2 is 2.00 bits per heavy atom. The first-order chi connectivity index (χ1) is 6.58. The van der Waals surface area contributed by atoms with Gasteiger partial charge in [-0.25, -0.2) is 0 Å². The second-order valence-electron chi connectivity index (χ2n) is 3.80. The maximum absolute atomic E-state index is 9.74. The van der Waals surface area contributed by atoms with E-state index in [9.17, 15) is 5.11 Å². The van der Waals surface area contributed by atoms with Crippen LogP contribution in [-0.4, -0.2) is 37.7 Å². The molecule has 0 aromatic heterocycles. The molecule has 0 aliphatic carbocycles. The van der Waals surface area contributed by atoms with Crippen LogP contribution >= 0.6 is 0 Å². The van der Waals surface area contributed by atoms with Crippen molar-refractivity contribution in [3.63, 3.8) is 0 Å². The number of aliphatic hydroxyl groups is 1. The van der Waals surface area contributed by atoms with Gasteiger partial charge in [0.05, 0.1) is 12.2 Å². The molecule has 0 saturated heterocycles. The van der Waals surface area contributed by atoms with E-state index in [2.05, 4.69) is 18.8 Å². The highest BCUT2D eigenvalue weighted by Crippen LogP contribution is 2.20. The fraction of sp³-hybridized carbons (Fsp3) is 0.909. The molecular weight excluding hydrogens is 178 g/mol. The minimum Gasteiger partial charge on any atom is -0.390 e. The fourth-order valence-electron chi connectivity index (χ4n) is 1.62. The van der Waals surface area contributed by atoms with Crippen LogP contribution in [0.1, 0.15) is 27.2 Å². The minimum atomic E-state index is -0.386. The van der Waals surface area contributed by atoms with Gasteiger partial charge in [-0.05, 0) is 18.3 Å². The summed E-state index contributed by atoms with van der Waals surface area (Å²) in [5.74, 6) is 0.602. The standard InChI is InChI=1S/C11H23NO2/c1-6-10(13)11(14-5)9(3)8(2)7-12-4/h7-11,13H,6H2,1-5H3. The van der Waals surface area contributed by atoms with E-state index in [0.29, 0.717) is 5.92 Å². The number of ether oxygens (including phenoxy) is 1. The number of rotatable bonds is 6. The first-order valence-corrected chi connectivity index (χ1v) is 5.21. The maximum Gasteiger partial charge on any atom is 0.0861 e. The molecule has 0 heterocycles. The number of nitrogens with zero attached hydrogens (tertiary/aromatic N) is 1. The zero-order chi connectivity index (χ0) is 11.1. The van der Waals surface area contributed by atoms with Crippen molar-refractivity contribution in [1.29, 1.82) is 0 Å². The Morgan fingerprint density at radius 3 is 2.36 bits per heavy atom. The molecule has 4 unspecified atom stereocenters. The van der Waals surface area contributed by atoms with Gasteiger partial charge in [0.1, 0.15) is 0 Å². The molecule has 0 aromatic rings. The van der Waals surface area contributed by atoms with Crippen molar-refractivity contribution in [3.8, 4) is 0 Å². The monoisotopic (exact) mass is 201 g/mol. The van der Waals surface area contributed by atoms with Crippen LogP contribution in [-0.2, 0) is 4.74 Å². The molecule has 0 bridgehead atoms. The number of hydrogen-bond acceptors (Lipinski definition) is 3. The average Bonchev–Trinajstić information content (AvgIpc) is 2.18. The summed E-state index contributed by atoms with van der Waals surface area (Å²) < 4.78 is 5.32. The van der Waals surface area contributed by atoms with Gasteiger partial charge in [-0.1, -0.05) is 20.8 Å². The third-order valence-corrected chi connectivity index (χ3v) is 2.80. The molecule has 0 aromatic carbocycles. The van der Waals surface area contributed by atoms with Gasteiger partial charge >= 0.3 is 0 Å². The van der Waals surface area contributed by atoms with Crippen LogP contribution in [0.5, 0.6) is 0 Å². The van der Waals surface area contributed by atoms with Crippen molar-refractivity contribution in [2.24, 2.45) is 16.8 Å². The van der Waals surface area contributed by atoms with E-state index < -0.39 is 0 Å². The molecule has 3 heteroatoms. The average molecular weight is 201 g/mol. The minimum absolute atomic E-state index is 0.104. The lowest BCUT2D eigenvalue weighted by Crippen LogP contribution is -2.37. The van der Waals surface area contributed by atoms with E-state index in [1.165, 1.54) is 0 Å². The Hall–Kier alpha value is -0.410. The van der Waals surface area contributed by atoms with Gasteiger partial charge in [-0.15, -0.1) is 0 Å². The van der Waals surface area contributed by atoms with Crippen LogP contribution in [0.4, 0.5) is 0 Å². The van der Waals surface area contributed by atoms with Crippen LogP contribution in [0.15, 0.2) is 4.99 Å². The highest BCUT2D eigenvalue weighted by Gasteiger charge is 2.26. The topological polar surface area (TPSA) is 41.8 Å². The molecule has 0 saturated carbocycles. The van der Waals surface area contributed by atoms with Crippen LogP contribution in [0.2, 0.25) is 0 Å². The van der Waals surface area contributed by atoms with Gasteiger partial charge in [-0.3, -0.25) is 0 Å². The Balaban J connectivity index is 4.36. The van der Waals surface area contributed by atoms with Crippen molar-refractivity contribution < 1.29 is 9.84 Å². The lowest BCUT2D eigenvalue weighted by Gasteiger charge is -2.29. The summed E-state index contributed by atoms with van der Waals surface area (Å²) in [7, 11) is 3.41. The molecule has 4 atom stereocenters. The van der Waals surface area contributed by atoms with Gasteiger partial charge in [-0.2, -0.15) is 0 Å². The van der Waals surface area contributed by atoms with Crippen LogP contribution in [0.25, 0.3) is 0 Å². The molecule has 0 fully saturated rings. The molecule has 0 rings (SSSR count). The van der Waals surface area contributed by atoms with Gasteiger partial charge in [0, 0.05) is 20.4 Å². The van der Waals surface area contributed by atoms with Crippen LogP contribution in [0.3, 0.4) is 0 Å². The Bertz CT molecular complexity index is 171. The van der Waals surface area contributed by atoms with Crippen molar-refractivity contribution in [3.05, 3.63) is 0 Å². The number of aliphatic imine (C=N–C) groups is 1. The molecule has 84 valence electrons. The molecule has 0 spiro atoms. The Morgan fingerprint density at radius 1 is 1.43 bits per heavy atom. The quantitative estimate of drug-likeness (QED) is 0.665. The van der Waals surface area contributed by atoms with Gasteiger partial charge in [0.2, 0.25) is 0 Å². The van der Waals surface area contributed by atoms with Crippen molar-refractivity contribution >= 4 is 6.21 Å². The third-order valence-electron chi connectivity index (χ3n) is 2.80. The summed E-state index contributed by atoms with van der Waals surface area (Å²) in [6, 6.07) is 0. The lowest BCUT2D eigenvalue weighted by atomic mass is 9.88. The highest BCUT2D eigenvalue weighted by atomic mass is 16.5. The zero-order valence-electron chi connectivity index (χ0n) is 9.90. The largest absolute Gasteiger partial charge is 0.390 e. The molecule has 0 amide bonds. The molecule has 14 heavy (non-hydrogen) atoms. The van der Waals surface area contributed by atoms with Crippen molar-refractivity contribution in [2.45, 2.75) is 39.4 Å². The van der Waals surface area contributed by atoms with Crippen molar-refractivity contribution in [1.82, 2.24) is 0 Å². The predicted octanol–water partition coefficient (Wildman–Crippen LogP) is 1.75. The van der Waals surface area contributed by atoms with E-state index in [0.717, 1.165) is 6.42 Å². The zero-order valence-corrected chi connectivity index (χ0v) is 9.90. The van der Waals surface area contributed by atoms with E-state index in [1.54, 1.807) is 14.2 Å². The van der Waals surface area contributed by atoms with E-state index in [1.807, 2.05) is 13.1 Å². The lowest BCUT2D eigenvalue weighted by molar-refractivity contribution is -0.0485. The summed E-state index contributed by atoms with van der Waals surface area (Å²) >= 11 is 0. The van der Waals surface area contributed by atoms with Crippen LogP contribution in [0, 0.1) is 11.8 Å². The highest BCUT2D eigenvalue weighted by molar-refractivity contribution is 5.60. The third kappa shape index (κ3) is 3.76. The number of aliphatic hydroxyl groups excluding tert-OH is 1. The summed E-state index contributed by atoms with van der Waals surface area (Å²) in [6.45, 7) is 6.13. The smallest absolute Gasteiger partial charge is 0.0861 e. The van der Waals surface area contributed by atoms with E-state index in [4.69, 9.17) is 4.74 Å². The molecule has 3 nitrogen and oxygen atoms in total. The predicted molar refractivity (Wildman–Crippen MR) is 59.8 cm³/mol. The maximum atomic E-state index is 9.74. The Kier molecular flexibility index (Phi) is 6.75. The summed E-state index contributed by atoms with van der Waals surface area (Å²) in [6.07, 6.45) is 2.13. The van der Waals surface area contributed by atoms with Crippen molar-refractivity contribution in [2.75, 3.05) is 14.2 Å². The second kappa shape index (κ2) is 6.96. The number of hydrogen-bond donors (Lipinski definition) is 1. The second-order valence-corrected chi connectivity index (χ2v) is 3.80. The van der Waals surface area contributed by atoms with E-state index in [-0.39, 0.29) is 18.1 Å². The molecule has 0 radical (unpaired) electrons. The summed E-state index contributed by atoms with van der Waals surface area (Å²) in [4.78, 5) is 4.00. The molecular formula is C11H23NO2. The van der Waals surface area contributed by atoms with E-state index >= 15 is 0 Å². The SMILES string of the molecule is CCC(O)C(OC)C(C)C(C)C=NC. The van der Waals surface area contributed by atoms with Gasteiger partial charge in [0.15, 0.2) is 0 Å². The normalized spacial score (nSPS) is 20.7. The fourth-order valence-corrected chi connectivity index (χ4v) is 1.62. The first kappa shape index (κ1) is 13.6. The summed E-state index contributed by atoms with van der Waals surface area (Å²) in [5.41, 5.74) is 0. The van der Waals surface area contributed by atoms with Gasteiger partial charge < -0.3 is 14.8 Å². The summed E-state index contributed by atoms with van der Waals surface area (Å²) in [5, 5.41) is 9.74.